The quantitative estimate of drug-likeness (QED) is 0.313. The van der Waals surface area contributed by atoms with Crippen LogP contribution in [-0.2, 0) is 16.6 Å². The maximum absolute atomic E-state index is 12.3. The summed E-state index contributed by atoms with van der Waals surface area (Å²) in [6, 6.07) is 12.5. The molecule has 2 heterocycles. The Morgan fingerprint density at radius 3 is 2.68 bits per heavy atom. The van der Waals surface area contributed by atoms with E-state index in [-0.39, 0.29) is 11.7 Å². The number of ether oxygens (including phenoxy) is 1. The summed E-state index contributed by atoms with van der Waals surface area (Å²) >= 11 is 4.68. The number of nitrogens with zero attached hydrogens (tertiary/aromatic N) is 4. The molecule has 0 aliphatic rings. The number of anilines is 1. The Bertz CT molecular complexity index is 1290. The van der Waals surface area contributed by atoms with Gasteiger partial charge in [0.15, 0.2) is 5.65 Å². The lowest BCUT2D eigenvalue weighted by Gasteiger charge is -2.06. The van der Waals surface area contributed by atoms with Crippen molar-refractivity contribution in [1.29, 1.82) is 0 Å². The molecule has 1 N–H and O–H groups in total. The summed E-state index contributed by atoms with van der Waals surface area (Å²) in [7, 11) is 1.92. The topological polar surface area (TPSA) is 99.0 Å². The van der Waals surface area contributed by atoms with E-state index >= 15 is 0 Å². The molecule has 0 unspecified atom stereocenters. The molecule has 0 fully saturated rings. The summed E-state index contributed by atoms with van der Waals surface area (Å²) in [5.74, 6) is -0.474. The number of hydrogen-bond acceptors (Lipinski definition) is 7. The van der Waals surface area contributed by atoms with E-state index < -0.39 is 5.97 Å². The van der Waals surface area contributed by atoms with Crippen LogP contribution in [0, 0.1) is 0 Å². The van der Waals surface area contributed by atoms with Gasteiger partial charge in [-0.05, 0) is 49.4 Å². The van der Waals surface area contributed by atoms with Crippen LogP contribution in [0.5, 0.6) is 0 Å². The van der Waals surface area contributed by atoms with Gasteiger partial charge in [0.1, 0.15) is 5.52 Å². The molecule has 0 spiro atoms. The summed E-state index contributed by atoms with van der Waals surface area (Å²) in [5, 5.41) is 12.7. The predicted molar refractivity (Wildman–Crippen MR) is 123 cm³/mol. The van der Waals surface area contributed by atoms with E-state index in [2.05, 4.69) is 36.4 Å². The van der Waals surface area contributed by atoms with Gasteiger partial charge < -0.3 is 14.6 Å². The highest BCUT2D eigenvalue weighted by molar-refractivity contribution is 9.10. The van der Waals surface area contributed by atoms with Crippen LogP contribution < -0.4 is 5.32 Å². The number of nitrogens with one attached hydrogen (secondary N) is 1. The number of aryl methyl sites for hydroxylation is 1. The van der Waals surface area contributed by atoms with Gasteiger partial charge in [-0.2, -0.15) is 0 Å². The molecule has 0 saturated carbocycles. The Morgan fingerprint density at radius 2 is 1.94 bits per heavy atom. The van der Waals surface area contributed by atoms with Crippen LogP contribution in [0.2, 0.25) is 0 Å². The first-order chi connectivity index (χ1) is 15.0. The fourth-order valence-electron chi connectivity index (χ4n) is 3.11. The molecule has 0 atom stereocenters. The second kappa shape index (κ2) is 9.03. The van der Waals surface area contributed by atoms with E-state index in [9.17, 15) is 9.59 Å². The second-order valence-electron chi connectivity index (χ2n) is 6.62. The van der Waals surface area contributed by atoms with Gasteiger partial charge in [0, 0.05) is 22.6 Å². The third-order valence-corrected chi connectivity index (χ3v) is 5.88. The van der Waals surface area contributed by atoms with Crippen LogP contribution in [0.15, 0.2) is 52.1 Å². The third kappa shape index (κ3) is 4.54. The van der Waals surface area contributed by atoms with E-state index in [4.69, 9.17) is 4.74 Å². The van der Waals surface area contributed by atoms with Crippen LogP contribution in [0.25, 0.3) is 22.1 Å². The van der Waals surface area contributed by atoms with Gasteiger partial charge in [-0.25, -0.2) is 9.78 Å². The molecule has 0 bridgehead atoms. The van der Waals surface area contributed by atoms with Crippen molar-refractivity contribution < 1.29 is 14.3 Å². The molecule has 31 heavy (non-hydrogen) atoms. The second-order valence-corrected chi connectivity index (χ2v) is 8.48. The number of thioether (sulfide) groups is 1. The molecule has 2 aromatic heterocycles. The number of carbonyl (C=O) groups excluding carboxylic acids is 2. The summed E-state index contributed by atoms with van der Waals surface area (Å²) in [4.78, 5) is 28.6. The number of esters is 1. The first kappa shape index (κ1) is 21.3. The van der Waals surface area contributed by atoms with E-state index in [0.29, 0.717) is 34.2 Å². The largest absolute Gasteiger partial charge is 0.462 e. The Hall–Kier alpha value is -2.98. The van der Waals surface area contributed by atoms with Crippen LogP contribution in [0.3, 0.4) is 0 Å². The summed E-state index contributed by atoms with van der Waals surface area (Å²) in [6.45, 7) is 2.06. The maximum Gasteiger partial charge on any atom is 0.338 e. The van der Waals surface area contributed by atoms with Crippen molar-refractivity contribution >= 4 is 67.3 Å². The van der Waals surface area contributed by atoms with Gasteiger partial charge >= 0.3 is 5.97 Å². The molecular weight excluding hydrogens is 482 g/mol. The average molecular weight is 500 g/mol. The fraction of sp³-hybridized carbons (Fsp3) is 0.190. The number of benzene rings is 2. The number of aromatic nitrogens is 4. The molecule has 4 aromatic rings. The van der Waals surface area contributed by atoms with Crippen LogP contribution in [-0.4, -0.2) is 44.0 Å². The molecule has 10 heteroatoms. The van der Waals surface area contributed by atoms with Crippen molar-refractivity contribution in [2.45, 2.75) is 12.1 Å². The van der Waals surface area contributed by atoms with E-state index in [1.54, 1.807) is 31.2 Å². The zero-order valence-corrected chi connectivity index (χ0v) is 19.2. The number of halogens is 1. The molecular formula is C21H18BrN5O3S. The molecule has 0 radical (unpaired) electrons. The van der Waals surface area contributed by atoms with Crippen molar-refractivity contribution in [3.05, 3.63) is 52.5 Å². The molecule has 0 saturated heterocycles. The predicted octanol–water partition coefficient (Wildman–Crippen LogP) is 4.19. The van der Waals surface area contributed by atoms with Gasteiger partial charge in [-0.1, -0.05) is 27.7 Å². The molecule has 1 amide bonds. The normalized spacial score (nSPS) is 11.1. The first-order valence-corrected chi connectivity index (χ1v) is 11.2. The van der Waals surface area contributed by atoms with Gasteiger partial charge in [0.2, 0.25) is 11.1 Å². The molecule has 4 rings (SSSR count). The molecule has 158 valence electrons. The highest BCUT2D eigenvalue weighted by Gasteiger charge is 2.14. The smallest absolute Gasteiger partial charge is 0.338 e. The number of carbonyl (C=O) groups is 2. The zero-order chi connectivity index (χ0) is 22.0. The van der Waals surface area contributed by atoms with Crippen molar-refractivity contribution in [3.8, 4) is 0 Å². The number of rotatable bonds is 6. The maximum atomic E-state index is 12.3. The number of amides is 1. The lowest BCUT2D eigenvalue weighted by Crippen LogP contribution is -2.14. The SMILES string of the molecule is CCOC(=O)c1ccc(NC(=O)CSc2nnc3c4cc(Br)ccc4n(C)c3n2)cc1. The lowest BCUT2D eigenvalue weighted by molar-refractivity contribution is -0.113. The zero-order valence-electron chi connectivity index (χ0n) is 16.8. The van der Waals surface area contributed by atoms with Gasteiger partial charge in [-0.3, -0.25) is 4.79 Å². The van der Waals surface area contributed by atoms with Crippen LogP contribution >= 0.6 is 27.7 Å². The summed E-state index contributed by atoms with van der Waals surface area (Å²) in [6.07, 6.45) is 0. The minimum absolute atomic E-state index is 0.127. The first-order valence-electron chi connectivity index (χ1n) is 9.44. The Balaban J connectivity index is 1.43. The summed E-state index contributed by atoms with van der Waals surface area (Å²) < 4.78 is 7.86. The molecule has 0 aliphatic heterocycles. The highest BCUT2D eigenvalue weighted by Crippen LogP contribution is 2.28. The van der Waals surface area contributed by atoms with Crippen LogP contribution in [0.1, 0.15) is 17.3 Å². The number of hydrogen-bond donors (Lipinski definition) is 1. The Kier molecular flexibility index (Phi) is 6.19. The van der Waals surface area contributed by atoms with Crippen LogP contribution in [0.4, 0.5) is 5.69 Å². The van der Waals surface area contributed by atoms with Crippen molar-refractivity contribution in [2.24, 2.45) is 7.05 Å². The van der Waals surface area contributed by atoms with Gasteiger partial charge in [0.25, 0.3) is 0 Å². The lowest BCUT2D eigenvalue weighted by atomic mass is 10.2. The van der Waals surface area contributed by atoms with Crippen molar-refractivity contribution in [1.82, 2.24) is 19.7 Å². The molecule has 0 aliphatic carbocycles. The van der Waals surface area contributed by atoms with E-state index in [0.717, 1.165) is 15.4 Å². The highest BCUT2D eigenvalue weighted by atomic mass is 79.9. The summed E-state index contributed by atoms with van der Waals surface area (Å²) in [5.41, 5.74) is 3.46. The van der Waals surface area contributed by atoms with Gasteiger partial charge in [-0.15, -0.1) is 10.2 Å². The average Bonchev–Trinajstić information content (AvgIpc) is 3.04. The Labute approximate surface area is 190 Å². The Morgan fingerprint density at radius 1 is 1.16 bits per heavy atom. The van der Waals surface area contributed by atoms with E-state index in [1.807, 2.05) is 29.8 Å². The standard InChI is InChI=1S/C21H18BrN5O3S/c1-3-30-20(29)12-4-7-14(8-5-12)23-17(28)11-31-21-24-19-18(25-26-21)15-10-13(22)6-9-16(15)27(19)2/h4-10H,3,11H2,1-2H3,(H,23,28). The van der Waals surface area contributed by atoms with Crippen molar-refractivity contribution in [3.63, 3.8) is 0 Å². The minimum atomic E-state index is -0.392. The third-order valence-electron chi connectivity index (χ3n) is 4.55. The minimum Gasteiger partial charge on any atom is -0.462 e. The number of fused-ring (bicyclic) bond motifs is 3. The van der Waals surface area contributed by atoms with E-state index in [1.165, 1.54) is 11.8 Å². The monoisotopic (exact) mass is 499 g/mol. The van der Waals surface area contributed by atoms with Crippen molar-refractivity contribution in [2.75, 3.05) is 17.7 Å². The molecule has 2 aromatic carbocycles. The molecule has 8 nitrogen and oxygen atoms in total. The fourth-order valence-corrected chi connectivity index (χ4v) is 4.05. The van der Waals surface area contributed by atoms with Gasteiger partial charge in [0.05, 0.1) is 23.4 Å².